The molecule has 4 heteroatoms. The van der Waals surface area contributed by atoms with E-state index in [1.165, 1.54) is 48.3 Å². The smallest absolute Gasteiger partial charge is 0.222 e. The van der Waals surface area contributed by atoms with Gasteiger partial charge < -0.3 is 9.80 Å². The van der Waals surface area contributed by atoms with Crippen LogP contribution in [0.2, 0.25) is 0 Å². The summed E-state index contributed by atoms with van der Waals surface area (Å²) < 4.78 is 12.9. The molecular formula is C19H28FN2O+. The molecule has 1 aliphatic carbocycles. The van der Waals surface area contributed by atoms with Gasteiger partial charge >= 0.3 is 0 Å². The van der Waals surface area contributed by atoms with Crippen molar-refractivity contribution in [2.45, 2.75) is 45.1 Å². The van der Waals surface area contributed by atoms with Crippen LogP contribution in [0.1, 0.15) is 44.1 Å². The molecule has 1 aromatic rings. The van der Waals surface area contributed by atoms with Crippen molar-refractivity contribution in [2.24, 2.45) is 5.92 Å². The maximum atomic E-state index is 12.9. The lowest BCUT2D eigenvalue weighted by molar-refractivity contribution is -0.917. The molecule has 1 aromatic carbocycles. The van der Waals surface area contributed by atoms with E-state index in [-0.39, 0.29) is 5.82 Å². The zero-order valence-corrected chi connectivity index (χ0v) is 13.9. The van der Waals surface area contributed by atoms with Gasteiger partial charge in [0.05, 0.1) is 26.2 Å². The normalized spacial score (nSPS) is 20.1. The highest BCUT2D eigenvalue weighted by atomic mass is 19.1. The molecule has 0 aromatic heterocycles. The fraction of sp³-hybridized carbons (Fsp3) is 0.632. The van der Waals surface area contributed by atoms with Gasteiger partial charge in [-0.1, -0.05) is 37.8 Å². The quantitative estimate of drug-likeness (QED) is 0.882. The molecule has 3 rings (SSSR count). The van der Waals surface area contributed by atoms with Crippen LogP contribution in [0.4, 0.5) is 4.39 Å². The second-order valence-corrected chi connectivity index (χ2v) is 7.12. The third kappa shape index (κ3) is 4.77. The summed E-state index contributed by atoms with van der Waals surface area (Å²) in [6, 6.07) is 6.78. The Hall–Kier alpha value is -1.42. The number of quaternary nitrogens is 1. The molecule has 0 bridgehead atoms. The number of hydrogen-bond donors (Lipinski definition) is 1. The molecular weight excluding hydrogens is 291 g/mol. The number of nitrogens with one attached hydrogen (secondary N) is 1. The Morgan fingerprint density at radius 3 is 2.43 bits per heavy atom. The predicted molar refractivity (Wildman–Crippen MR) is 88.6 cm³/mol. The van der Waals surface area contributed by atoms with Gasteiger partial charge in [0.15, 0.2) is 0 Å². The van der Waals surface area contributed by atoms with Gasteiger partial charge in [0, 0.05) is 12.0 Å². The zero-order valence-electron chi connectivity index (χ0n) is 13.9. The van der Waals surface area contributed by atoms with Crippen LogP contribution in [-0.2, 0) is 11.3 Å². The van der Waals surface area contributed by atoms with E-state index in [1.807, 2.05) is 17.0 Å². The van der Waals surface area contributed by atoms with Crippen molar-refractivity contribution in [3.8, 4) is 0 Å². The Morgan fingerprint density at radius 2 is 1.78 bits per heavy atom. The summed E-state index contributed by atoms with van der Waals surface area (Å²) in [6.45, 7) is 4.63. The monoisotopic (exact) mass is 319 g/mol. The van der Waals surface area contributed by atoms with Gasteiger partial charge in [-0.25, -0.2) is 4.39 Å². The van der Waals surface area contributed by atoms with E-state index in [4.69, 9.17) is 0 Å². The summed E-state index contributed by atoms with van der Waals surface area (Å²) in [6.07, 6.45) is 7.17. The molecule has 0 unspecified atom stereocenters. The number of halogens is 1. The molecule has 2 fully saturated rings. The molecule has 1 heterocycles. The lowest BCUT2D eigenvalue weighted by Crippen LogP contribution is -3.13. The Morgan fingerprint density at radius 1 is 1.13 bits per heavy atom. The average molecular weight is 319 g/mol. The van der Waals surface area contributed by atoms with Gasteiger partial charge in [0.1, 0.15) is 12.4 Å². The first-order valence-electron chi connectivity index (χ1n) is 9.06. The lowest BCUT2D eigenvalue weighted by Gasteiger charge is -2.32. The Bertz CT molecular complexity index is 503. The van der Waals surface area contributed by atoms with Crippen LogP contribution in [0.3, 0.4) is 0 Å². The van der Waals surface area contributed by atoms with Crippen LogP contribution in [0, 0.1) is 11.7 Å². The predicted octanol–water partition coefficient (Wildman–Crippen LogP) is 2.02. The Kier molecular flexibility index (Phi) is 5.65. The number of carbonyl (C=O) groups is 1. The van der Waals surface area contributed by atoms with Crippen molar-refractivity contribution in [1.82, 2.24) is 4.90 Å². The molecule has 0 radical (unpaired) electrons. The van der Waals surface area contributed by atoms with Crippen molar-refractivity contribution in [3.63, 3.8) is 0 Å². The molecule has 1 amide bonds. The van der Waals surface area contributed by atoms with Crippen molar-refractivity contribution in [2.75, 3.05) is 26.2 Å². The highest BCUT2D eigenvalue weighted by Crippen LogP contribution is 2.28. The summed E-state index contributed by atoms with van der Waals surface area (Å²) in [5.41, 5.74) is 1.17. The minimum Gasteiger partial charge on any atom is -0.331 e. The van der Waals surface area contributed by atoms with E-state index in [0.717, 1.165) is 51.5 Å². The van der Waals surface area contributed by atoms with Crippen molar-refractivity contribution < 1.29 is 14.1 Å². The molecule has 1 saturated carbocycles. The fourth-order valence-electron chi connectivity index (χ4n) is 3.92. The van der Waals surface area contributed by atoms with E-state index in [1.54, 1.807) is 0 Å². The molecule has 0 atom stereocenters. The van der Waals surface area contributed by atoms with Crippen LogP contribution >= 0.6 is 0 Å². The van der Waals surface area contributed by atoms with Crippen molar-refractivity contribution >= 4 is 5.91 Å². The molecule has 2 aliphatic rings. The van der Waals surface area contributed by atoms with Gasteiger partial charge in [-0.05, 0) is 24.5 Å². The van der Waals surface area contributed by atoms with E-state index in [2.05, 4.69) is 0 Å². The minimum absolute atomic E-state index is 0.179. The molecule has 126 valence electrons. The van der Waals surface area contributed by atoms with Gasteiger partial charge in [0.25, 0.3) is 0 Å². The Labute approximate surface area is 138 Å². The average Bonchev–Trinajstić information content (AvgIpc) is 3.09. The zero-order chi connectivity index (χ0) is 16.1. The molecule has 3 nitrogen and oxygen atoms in total. The third-order valence-electron chi connectivity index (χ3n) is 5.43. The number of benzene rings is 1. The minimum atomic E-state index is -0.179. The van der Waals surface area contributed by atoms with Crippen LogP contribution in [0.5, 0.6) is 0 Å². The SMILES string of the molecule is O=C(CCC1CCCC1)N1CC[NH+](Cc2ccc(F)cc2)CC1. The maximum absolute atomic E-state index is 12.9. The molecule has 0 spiro atoms. The number of amides is 1. The second kappa shape index (κ2) is 7.91. The van der Waals surface area contributed by atoms with Gasteiger partial charge in [-0.15, -0.1) is 0 Å². The van der Waals surface area contributed by atoms with Gasteiger partial charge in [-0.3, -0.25) is 4.79 Å². The standard InChI is InChI=1S/C19H27FN2O/c20-18-8-5-17(6-9-18)15-21-11-13-22(14-12-21)19(23)10-7-16-3-1-2-4-16/h5-6,8-9,16H,1-4,7,10-15H2/p+1. The Balaban J connectivity index is 1.39. The highest BCUT2D eigenvalue weighted by Gasteiger charge is 2.24. The van der Waals surface area contributed by atoms with E-state index in [9.17, 15) is 9.18 Å². The number of hydrogen-bond acceptors (Lipinski definition) is 1. The summed E-state index contributed by atoms with van der Waals surface area (Å²) in [5.74, 6) is 0.962. The molecule has 1 N–H and O–H groups in total. The van der Waals surface area contributed by atoms with Crippen LogP contribution in [-0.4, -0.2) is 37.0 Å². The topological polar surface area (TPSA) is 24.8 Å². The number of carbonyl (C=O) groups excluding carboxylic acids is 1. The first-order chi connectivity index (χ1) is 11.2. The number of piperazine rings is 1. The summed E-state index contributed by atoms with van der Waals surface area (Å²) in [5, 5.41) is 0. The summed E-state index contributed by atoms with van der Waals surface area (Å²) in [4.78, 5) is 15.9. The third-order valence-corrected chi connectivity index (χ3v) is 5.43. The number of rotatable bonds is 5. The second-order valence-electron chi connectivity index (χ2n) is 7.12. The lowest BCUT2D eigenvalue weighted by atomic mass is 10.0. The van der Waals surface area contributed by atoms with Crippen molar-refractivity contribution in [1.29, 1.82) is 0 Å². The largest absolute Gasteiger partial charge is 0.331 e. The van der Waals surface area contributed by atoms with E-state index in [0.29, 0.717) is 5.91 Å². The van der Waals surface area contributed by atoms with Crippen LogP contribution in [0.25, 0.3) is 0 Å². The first-order valence-corrected chi connectivity index (χ1v) is 9.06. The first kappa shape index (κ1) is 16.4. The number of nitrogens with zero attached hydrogens (tertiary/aromatic N) is 1. The molecule has 23 heavy (non-hydrogen) atoms. The van der Waals surface area contributed by atoms with Gasteiger partial charge in [-0.2, -0.15) is 0 Å². The van der Waals surface area contributed by atoms with E-state index >= 15 is 0 Å². The fourth-order valence-corrected chi connectivity index (χ4v) is 3.92. The summed E-state index contributed by atoms with van der Waals surface area (Å²) in [7, 11) is 0. The summed E-state index contributed by atoms with van der Waals surface area (Å²) >= 11 is 0. The van der Waals surface area contributed by atoms with Gasteiger partial charge in [0.2, 0.25) is 5.91 Å². The highest BCUT2D eigenvalue weighted by molar-refractivity contribution is 5.76. The molecule has 1 aliphatic heterocycles. The van der Waals surface area contributed by atoms with E-state index < -0.39 is 0 Å². The maximum Gasteiger partial charge on any atom is 0.222 e. The van der Waals surface area contributed by atoms with Crippen LogP contribution < -0.4 is 4.90 Å². The van der Waals surface area contributed by atoms with Crippen LogP contribution in [0.15, 0.2) is 24.3 Å². The molecule has 1 saturated heterocycles. The van der Waals surface area contributed by atoms with Crippen molar-refractivity contribution in [3.05, 3.63) is 35.6 Å².